The number of carbonyl (C=O) groups is 2. The van der Waals surface area contributed by atoms with Gasteiger partial charge >= 0.3 is 5.97 Å². The Morgan fingerprint density at radius 2 is 1.76 bits per heavy atom. The van der Waals surface area contributed by atoms with Gasteiger partial charge < -0.3 is 20.1 Å². The summed E-state index contributed by atoms with van der Waals surface area (Å²) in [5, 5.41) is 10.4. The molecule has 0 radical (unpaired) electrons. The average molecular weight is 388 g/mol. The Bertz CT molecular complexity index is 1240. The van der Waals surface area contributed by atoms with Gasteiger partial charge in [0.25, 0.3) is 0 Å². The number of esters is 1. The number of benzene rings is 3. The minimum absolute atomic E-state index is 0.296. The lowest BCUT2D eigenvalue weighted by Gasteiger charge is -2.10. The van der Waals surface area contributed by atoms with E-state index in [9.17, 15) is 9.59 Å². The van der Waals surface area contributed by atoms with E-state index in [-0.39, 0.29) is 0 Å². The Hall–Kier alpha value is -3.64. The van der Waals surface area contributed by atoms with Gasteiger partial charge in [-0.1, -0.05) is 36.4 Å². The van der Waals surface area contributed by atoms with Crippen molar-refractivity contribution in [2.24, 2.45) is 5.73 Å². The van der Waals surface area contributed by atoms with E-state index in [1.165, 1.54) is 0 Å². The minimum atomic E-state index is -0.766. The van der Waals surface area contributed by atoms with E-state index in [1.807, 2.05) is 49.4 Å². The van der Waals surface area contributed by atoms with Gasteiger partial charge in [-0.2, -0.15) is 0 Å². The molecular formula is C23H20N2O4. The molecule has 0 saturated carbocycles. The molecule has 0 unspecified atom stereocenters. The van der Waals surface area contributed by atoms with Crippen LogP contribution in [0.2, 0.25) is 0 Å². The highest BCUT2D eigenvalue weighted by Crippen LogP contribution is 2.39. The quantitative estimate of drug-likeness (QED) is 0.406. The minimum Gasteiger partial charge on any atom is -0.424 e. The van der Waals surface area contributed by atoms with E-state index in [1.54, 1.807) is 18.2 Å². The molecule has 1 amide bonds. The number of fused-ring (bicyclic) bond motifs is 3. The van der Waals surface area contributed by atoms with E-state index in [2.05, 4.69) is 4.57 Å². The molecule has 146 valence electrons. The molecule has 6 heteroatoms. The van der Waals surface area contributed by atoms with Crippen molar-refractivity contribution in [1.29, 1.82) is 0 Å². The number of ether oxygens (including phenoxy) is 1. The first kappa shape index (κ1) is 18.7. The molecule has 0 aliphatic carbocycles. The summed E-state index contributed by atoms with van der Waals surface area (Å²) in [6.45, 7) is 1.73. The number of carbonyl (C=O) groups excluding carboxylic acids is 2. The maximum atomic E-state index is 12.1. The van der Waals surface area contributed by atoms with Gasteiger partial charge in [-0.3, -0.25) is 4.79 Å². The Morgan fingerprint density at radius 1 is 1.00 bits per heavy atom. The predicted octanol–water partition coefficient (Wildman–Crippen LogP) is 3.15. The number of hydrogen-bond acceptors (Lipinski definition) is 4. The second kappa shape index (κ2) is 7.41. The maximum Gasteiger partial charge on any atom is 0.337 e. The van der Waals surface area contributed by atoms with Gasteiger partial charge in [-0.25, -0.2) is 4.79 Å². The van der Waals surface area contributed by atoms with Crippen LogP contribution in [0.4, 0.5) is 0 Å². The predicted molar refractivity (Wildman–Crippen MR) is 111 cm³/mol. The fourth-order valence-electron chi connectivity index (χ4n) is 3.73. The molecule has 4 aromatic rings. The third-order valence-electron chi connectivity index (χ3n) is 4.90. The maximum absolute atomic E-state index is 12.1. The van der Waals surface area contributed by atoms with Crippen molar-refractivity contribution < 1.29 is 19.4 Å². The molecule has 3 N–H and O–H groups in total. The van der Waals surface area contributed by atoms with Crippen LogP contribution in [0.15, 0.2) is 60.7 Å². The summed E-state index contributed by atoms with van der Waals surface area (Å²) in [5.41, 5.74) is 9.60. The van der Waals surface area contributed by atoms with Crippen molar-refractivity contribution in [3.05, 3.63) is 77.4 Å². The summed E-state index contributed by atoms with van der Waals surface area (Å²) in [4.78, 5) is 24.0. The molecule has 6 nitrogen and oxygen atoms in total. The molecule has 0 bridgehead atoms. The van der Waals surface area contributed by atoms with E-state index in [4.69, 9.17) is 15.6 Å². The number of aliphatic hydroxyl groups is 1. The lowest BCUT2D eigenvalue weighted by molar-refractivity contribution is -0.137. The molecular weight excluding hydrogens is 368 g/mol. The summed E-state index contributed by atoms with van der Waals surface area (Å²) in [6.07, 6.45) is 0. The Kier molecular flexibility index (Phi) is 4.78. The topological polar surface area (TPSA) is 94.6 Å². The summed E-state index contributed by atoms with van der Waals surface area (Å²) >= 11 is 0. The van der Waals surface area contributed by atoms with Crippen LogP contribution < -0.4 is 10.5 Å². The Morgan fingerprint density at radius 3 is 2.45 bits per heavy atom. The van der Waals surface area contributed by atoms with Crippen LogP contribution >= 0.6 is 0 Å². The van der Waals surface area contributed by atoms with Gasteiger partial charge in [-0.15, -0.1) is 0 Å². The zero-order valence-corrected chi connectivity index (χ0v) is 15.9. The van der Waals surface area contributed by atoms with Crippen molar-refractivity contribution in [3.8, 4) is 5.75 Å². The van der Waals surface area contributed by atoms with Crippen LogP contribution in [0.1, 0.15) is 21.5 Å². The van der Waals surface area contributed by atoms with E-state index in [0.717, 1.165) is 22.2 Å². The molecule has 0 saturated heterocycles. The zero-order chi connectivity index (χ0) is 20.5. The van der Waals surface area contributed by atoms with Crippen LogP contribution in [0.3, 0.4) is 0 Å². The van der Waals surface area contributed by atoms with Crippen molar-refractivity contribution >= 4 is 33.7 Å². The van der Waals surface area contributed by atoms with Crippen LogP contribution in [-0.2, 0) is 11.3 Å². The molecule has 0 atom stereocenters. The fraction of sp³-hybridized carbons (Fsp3) is 0.130. The first-order valence-electron chi connectivity index (χ1n) is 9.20. The van der Waals surface area contributed by atoms with Gasteiger partial charge in [-0.05, 0) is 42.3 Å². The van der Waals surface area contributed by atoms with Gasteiger partial charge in [0.15, 0.2) is 0 Å². The largest absolute Gasteiger partial charge is 0.424 e. The normalized spacial score (nSPS) is 11.1. The van der Waals surface area contributed by atoms with E-state index < -0.39 is 18.5 Å². The molecule has 0 aliphatic heterocycles. The van der Waals surface area contributed by atoms with Gasteiger partial charge in [0.05, 0.1) is 16.4 Å². The van der Waals surface area contributed by atoms with E-state index >= 15 is 0 Å². The van der Waals surface area contributed by atoms with Crippen LogP contribution in [0.25, 0.3) is 21.8 Å². The molecule has 0 fully saturated rings. The Balaban J connectivity index is 2.10. The molecule has 1 heterocycles. The van der Waals surface area contributed by atoms with Crippen molar-refractivity contribution in [3.63, 3.8) is 0 Å². The highest BCUT2D eigenvalue weighted by Gasteiger charge is 2.21. The number of hydrogen-bond donors (Lipinski definition) is 2. The van der Waals surface area contributed by atoms with Crippen LogP contribution in [-0.4, -0.2) is 28.2 Å². The summed E-state index contributed by atoms with van der Waals surface area (Å²) < 4.78 is 7.49. The average Bonchev–Trinajstić information content (AvgIpc) is 3.02. The Labute approximate surface area is 167 Å². The van der Waals surface area contributed by atoms with Crippen LogP contribution in [0, 0.1) is 6.92 Å². The second-order valence-electron chi connectivity index (χ2n) is 6.93. The zero-order valence-electron chi connectivity index (χ0n) is 15.9. The summed E-state index contributed by atoms with van der Waals surface area (Å²) in [5.74, 6) is -1.03. The smallest absolute Gasteiger partial charge is 0.337 e. The lowest BCUT2D eigenvalue weighted by Crippen LogP contribution is -2.13. The molecule has 1 aromatic heterocycles. The molecule has 3 aromatic carbocycles. The van der Waals surface area contributed by atoms with Crippen LogP contribution in [0.5, 0.6) is 5.75 Å². The van der Waals surface area contributed by atoms with E-state index in [0.29, 0.717) is 28.6 Å². The first-order valence-corrected chi connectivity index (χ1v) is 9.20. The standard InChI is InChI=1S/C23H20N2O4/c1-14-10-18-22(19(11-14)29-20(27)13-26)21-16(23(24)28)8-5-9-17(21)25(18)12-15-6-3-2-4-7-15/h2-11,26H,12-13H2,1H3,(H2,24,28). The van der Waals surface area contributed by atoms with Gasteiger partial charge in [0.1, 0.15) is 12.4 Å². The molecule has 0 spiro atoms. The SMILES string of the molecule is Cc1cc(OC(=O)CO)c2c3c(C(N)=O)cccc3n(Cc3ccccc3)c2c1. The fourth-order valence-corrected chi connectivity index (χ4v) is 3.73. The monoisotopic (exact) mass is 388 g/mol. The molecule has 0 aliphatic rings. The number of primary amides is 1. The number of aryl methyl sites for hydroxylation is 1. The number of aromatic nitrogens is 1. The van der Waals surface area contributed by atoms with Gasteiger partial charge in [0.2, 0.25) is 5.91 Å². The number of nitrogens with two attached hydrogens (primary N) is 1. The lowest BCUT2D eigenvalue weighted by atomic mass is 10.0. The third kappa shape index (κ3) is 3.34. The van der Waals surface area contributed by atoms with Crippen molar-refractivity contribution in [2.45, 2.75) is 13.5 Å². The highest BCUT2D eigenvalue weighted by molar-refractivity contribution is 6.20. The number of rotatable bonds is 5. The van der Waals surface area contributed by atoms with Crippen molar-refractivity contribution in [2.75, 3.05) is 6.61 Å². The van der Waals surface area contributed by atoms with Crippen molar-refractivity contribution in [1.82, 2.24) is 4.57 Å². The first-order chi connectivity index (χ1) is 14.0. The second-order valence-corrected chi connectivity index (χ2v) is 6.93. The summed E-state index contributed by atoms with van der Waals surface area (Å²) in [6, 6.07) is 19.0. The molecule has 4 rings (SSSR count). The summed E-state index contributed by atoms with van der Waals surface area (Å²) in [7, 11) is 0. The highest BCUT2D eigenvalue weighted by atomic mass is 16.5. The number of amides is 1. The number of nitrogens with zero attached hydrogens (tertiary/aromatic N) is 1. The third-order valence-corrected chi connectivity index (χ3v) is 4.90. The number of aliphatic hydroxyl groups excluding tert-OH is 1. The molecule has 29 heavy (non-hydrogen) atoms. The van der Waals surface area contributed by atoms with Gasteiger partial charge in [0, 0.05) is 17.5 Å².